The summed E-state index contributed by atoms with van der Waals surface area (Å²) in [6.07, 6.45) is 0.901. The molecule has 0 fully saturated rings. The van der Waals surface area contributed by atoms with Gasteiger partial charge in [0.05, 0.1) is 5.41 Å². The van der Waals surface area contributed by atoms with Crippen molar-refractivity contribution in [2.24, 2.45) is 0 Å². The Bertz CT molecular complexity index is 3380. The minimum absolute atomic E-state index is 0.151. The molecule has 1 aromatic heterocycles. The van der Waals surface area contributed by atoms with Gasteiger partial charge in [-0.3, -0.25) is 4.79 Å². The van der Waals surface area contributed by atoms with Gasteiger partial charge in [-0.15, -0.1) is 7.53 Å². The molecule has 0 N–H and O–H groups in total. The first-order valence-electron chi connectivity index (χ1n) is 23.6. The van der Waals surface area contributed by atoms with Gasteiger partial charge in [0.1, 0.15) is 0 Å². The molecule has 3 heteroatoms. The van der Waals surface area contributed by atoms with E-state index in [1.54, 1.807) is 5.30 Å². The fourth-order valence-electron chi connectivity index (χ4n) is 11.9. The molecule has 2 heterocycles. The summed E-state index contributed by atoms with van der Waals surface area (Å²) in [5, 5.41) is 7.26. The second-order valence-corrected chi connectivity index (χ2v) is 24.6. The largest absolute Gasteiger partial charge is 0.289 e. The zero-order valence-corrected chi connectivity index (χ0v) is 40.4. The van der Waals surface area contributed by atoms with E-state index < -0.39 is 20.9 Å². The van der Waals surface area contributed by atoms with E-state index in [9.17, 15) is 4.79 Å². The lowest BCUT2D eigenvalue weighted by atomic mass is 9.66. The predicted molar refractivity (Wildman–Crippen MR) is 283 cm³/mol. The average molecular weight is 879 g/mol. The molecule has 1 nitrogen and oxygen atoms in total. The average Bonchev–Trinajstić information content (AvgIpc) is 3.61. The van der Waals surface area contributed by atoms with Crippen molar-refractivity contribution in [1.29, 1.82) is 0 Å². The summed E-state index contributed by atoms with van der Waals surface area (Å²) in [4.78, 5) is 14.5. The third kappa shape index (κ3) is 6.34. The van der Waals surface area contributed by atoms with E-state index in [0.29, 0.717) is 17.5 Å². The summed E-state index contributed by atoms with van der Waals surface area (Å²) in [5.74, 6) is 0.691. The molecule has 4 unspecified atom stereocenters. The number of hydrogen-bond donors (Lipinski definition) is 0. The van der Waals surface area contributed by atoms with Crippen LogP contribution in [0.2, 0.25) is 0 Å². The molecular weight excluding hydrogens is 823 g/mol. The highest BCUT2D eigenvalue weighted by Gasteiger charge is 2.53. The number of hydrogen-bond acceptors (Lipinski definition) is 1. The first-order chi connectivity index (χ1) is 31.6. The summed E-state index contributed by atoms with van der Waals surface area (Å²) in [7, 11) is -1.60. The van der Waals surface area contributed by atoms with E-state index in [-0.39, 0.29) is 11.1 Å². The Morgan fingerprint density at radius 1 is 0.492 bits per heavy atom. The minimum atomic E-state index is -0.912. The van der Waals surface area contributed by atoms with Crippen molar-refractivity contribution in [3.05, 3.63) is 225 Å². The summed E-state index contributed by atoms with van der Waals surface area (Å²) >= 11 is 0. The van der Waals surface area contributed by atoms with Gasteiger partial charge >= 0.3 is 0 Å². The smallest absolute Gasteiger partial charge is 0.194 e. The van der Waals surface area contributed by atoms with Gasteiger partial charge in [0, 0.05) is 21.0 Å². The lowest BCUT2D eigenvalue weighted by Crippen LogP contribution is -2.44. The minimum Gasteiger partial charge on any atom is -0.289 e. The summed E-state index contributed by atoms with van der Waals surface area (Å²) in [6, 6.07) is 66.2. The van der Waals surface area contributed by atoms with Crippen molar-refractivity contribution in [3.63, 3.8) is 0 Å². The Morgan fingerprint density at radius 3 is 1.77 bits per heavy atom. The third-order valence-electron chi connectivity index (χ3n) is 14.5. The van der Waals surface area contributed by atoms with E-state index in [2.05, 4.69) is 218 Å². The molecule has 1 spiro atoms. The highest BCUT2D eigenvalue weighted by molar-refractivity contribution is 7.74. The molecule has 0 radical (unpaired) electrons. The SMILES string of the molecule is CC(C)c1ccc2c(c1-c1ccccc1)P(C(C)C)c1ccccc1C21c2ccccc2-c2cc(CC(C)p3c4ccccc4c(=O)c4ccc(C(C)C)c(-c5ccccc5)c43)ccc21. The van der Waals surface area contributed by atoms with Gasteiger partial charge in [0.25, 0.3) is 0 Å². The van der Waals surface area contributed by atoms with E-state index in [1.165, 1.54) is 87.9 Å². The lowest BCUT2D eigenvalue weighted by molar-refractivity contribution is 0.771. The molecule has 320 valence electrons. The standard InChI is InChI=1S/C62H56OP2/c1-38(2)45-31-32-49-59(63)48-25-15-18-28-55(48)65(60(49)57(45)43-20-10-8-11-21-43)41(7)36-42-30-34-52-50(37-42)47-24-14-16-26-51(47)62(52)53-27-17-19-29-56(53)64(40(5)6)61-54(62)35-33-46(39(3)4)58(61)44-22-12-9-13-23-44/h8-35,37-41H,36H2,1-7H3. The van der Waals surface area contributed by atoms with Crippen LogP contribution >= 0.6 is 15.5 Å². The molecule has 0 bridgehead atoms. The maximum atomic E-state index is 14.5. The lowest BCUT2D eigenvalue weighted by Gasteiger charge is -2.46. The molecule has 1 aliphatic heterocycles. The molecule has 65 heavy (non-hydrogen) atoms. The molecule has 11 rings (SSSR count). The van der Waals surface area contributed by atoms with Crippen molar-refractivity contribution in [2.75, 3.05) is 0 Å². The number of benzene rings is 8. The maximum absolute atomic E-state index is 14.5. The van der Waals surface area contributed by atoms with Gasteiger partial charge in [0.2, 0.25) is 0 Å². The molecule has 8 aromatic carbocycles. The highest BCUT2D eigenvalue weighted by atomic mass is 31.1. The van der Waals surface area contributed by atoms with Gasteiger partial charge in [-0.25, -0.2) is 0 Å². The summed E-state index contributed by atoms with van der Waals surface area (Å²) < 4.78 is 0. The maximum Gasteiger partial charge on any atom is 0.194 e. The molecule has 0 saturated heterocycles. The Hall–Kier alpha value is -5.84. The van der Waals surface area contributed by atoms with Gasteiger partial charge in [-0.1, -0.05) is 218 Å². The van der Waals surface area contributed by atoms with Crippen LogP contribution in [0.25, 0.3) is 54.4 Å². The topological polar surface area (TPSA) is 17.1 Å². The highest BCUT2D eigenvalue weighted by Crippen LogP contribution is 2.63. The van der Waals surface area contributed by atoms with E-state index in [1.807, 2.05) is 6.07 Å². The summed E-state index contributed by atoms with van der Waals surface area (Å²) in [6.45, 7) is 16.6. The molecule has 4 atom stereocenters. The van der Waals surface area contributed by atoms with Crippen molar-refractivity contribution < 1.29 is 0 Å². The second kappa shape index (κ2) is 16.2. The zero-order chi connectivity index (χ0) is 44.7. The van der Waals surface area contributed by atoms with E-state index in [0.717, 1.165) is 17.2 Å². The van der Waals surface area contributed by atoms with Gasteiger partial charge in [-0.05, 0) is 126 Å². The van der Waals surface area contributed by atoms with Crippen molar-refractivity contribution >= 4 is 47.1 Å². The third-order valence-corrected chi connectivity index (χ3v) is 20.3. The molecule has 0 saturated carbocycles. The normalized spacial score (nSPS) is 16.9. The van der Waals surface area contributed by atoms with Crippen LogP contribution in [-0.4, -0.2) is 5.66 Å². The van der Waals surface area contributed by atoms with E-state index in [4.69, 9.17) is 0 Å². The quantitative estimate of drug-likeness (QED) is 0.110. The Morgan fingerprint density at radius 2 is 1.06 bits per heavy atom. The van der Waals surface area contributed by atoms with Crippen LogP contribution in [0.1, 0.15) is 105 Å². The molecule has 2 aliphatic rings. The fourth-order valence-corrected chi connectivity index (χ4v) is 18.1. The zero-order valence-electron chi connectivity index (χ0n) is 38.6. The monoisotopic (exact) mass is 878 g/mol. The Balaban J connectivity index is 1.15. The molecule has 0 amide bonds. The first kappa shape index (κ1) is 41.8. The fraction of sp³-hybridized carbons (Fsp3) is 0.210. The Kier molecular flexibility index (Phi) is 10.5. The van der Waals surface area contributed by atoms with Crippen LogP contribution < -0.4 is 16.0 Å². The second-order valence-electron chi connectivity index (χ2n) is 19.3. The van der Waals surface area contributed by atoms with Crippen LogP contribution in [0.15, 0.2) is 181 Å². The van der Waals surface area contributed by atoms with E-state index >= 15 is 0 Å². The van der Waals surface area contributed by atoms with Crippen LogP contribution in [0, 0.1) is 0 Å². The van der Waals surface area contributed by atoms with Crippen molar-refractivity contribution in [2.45, 2.75) is 83.5 Å². The number of fused-ring (bicyclic) bond motifs is 11. The molecule has 9 aromatic rings. The first-order valence-corrected chi connectivity index (χ1v) is 26.4. The Labute approximate surface area is 387 Å². The molecule has 1 aliphatic carbocycles. The van der Waals surface area contributed by atoms with Crippen LogP contribution in [0.4, 0.5) is 0 Å². The van der Waals surface area contributed by atoms with Gasteiger partial charge < -0.3 is 0 Å². The predicted octanol–water partition coefficient (Wildman–Crippen LogP) is 16.2. The summed E-state index contributed by atoms with van der Waals surface area (Å²) in [5.41, 5.74) is 18.0. The van der Waals surface area contributed by atoms with Crippen molar-refractivity contribution in [3.8, 4) is 33.4 Å². The van der Waals surface area contributed by atoms with Crippen LogP contribution in [0.5, 0.6) is 0 Å². The van der Waals surface area contributed by atoms with Crippen molar-refractivity contribution in [1.82, 2.24) is 0 Å². The van der Waals surface area contributed by atoms with Gasteiger partial charge in [0.15, 0.2) is 5.43 Å². The van der Waals surface area contributed by atoms with Crippen LogP contribution in [-0.2, 0) is 11.8 Å². The number of rotatable bonds is 8. The molecular formula is C62H56OP2. The van der Waals surface area contributed by atoms with Gasteiger partial charge in [-0.2, -0.15) is 0 Å². The van der Waals surface area contributed by atoms with Crippen LogP contribution in [0.3, 0.4) is 0 Å².